The maximum absolute atomic E-state index is 13.0. The second-order valence-electron chi connectivity index (χ2n) is 7.98. The summed E-state index contributed by atoms with van der Waals surface area (Å²) >= 11 is 0. The molecule has 1 fully saturated rings. The zero-order valence-electron chi connectivity index (χ0n) is 18.0. The summed E-state index contributed by atoms with van der Waals surface area (Å²) in [4.78, 5) is 26.4. The van der Waals surface area contributed by atoms with Crippen molar-refractivity contribution in [1.82, 2.24) is 15.5 Å². The minimum atomic E-state index is -0.0816. The quantitative estimate of drug-likeness (QED) is 0.702. The van der Waals surface area contributed by atoms with E-state index in [2.05, 4.69) is 34.7 Å². The first-order valence-electron chi connectivity index (χ1n) is 10.4. The fraction of sp³-hybridized carbons (Fsp3) is 0.417. The molecule has 6 heteroatoms. The van der Waals surface area contributed by atoms with E-state index in [0.29, 0.717) is 13.1 Å². The Morgan fingerprint density at radius 2 is 1.83 bits per heavy atom. The van der Waals surface area contributed by atoms with Crippen LogP contribution in [0.25, 0.3) is 0 Å². The fourth-order valence-corrected chi connectivity index (χ4v) is 4.02. The first-order chi connectivity index (χ1) is 14.5. The summed E-state index contributed by atoms with van der Waals surface area (Å²) in [6, 6.07) is 16.1. The maximum Gasteiger partial charge on any atom is 0.225 e. The number of carbonyl (C=O) groups excluding carboxylic acids is 2. The van der Waals surface area contributed by atoms with Crippen molar-refractivity contribution in [3.8, 4) is 5.75 Å². The summed E-state index contributed by atoms with van der Waals surface area (Å²) in [5.41, 5.74) is 3.37. The van der Waals surface area contributed by atoms with Gasteiger partial charge >= 0.3 is 0 Å². The maximum atomic E-state index is 13.0. The van der Waals surface area contributed by atoms with Crippen LogP contribution in [0.3, 0.4) is 0 Å². The molecule has 0 saturated carbocycles. The lowest BCUT2D eigenvalue weighted by Gasteiger charge is -2.19. The van der Waals surface area contributed by atoms with Crippen molar-refractivity contribution in [2.45, 2.75) is 25.8 Å². The SMILES string of the molecule is COc1ccc(CCNC(=O)[C@@H]2CN(C)C[C@H]2c2cccc(CNC(C)=O)c2)cc1. The molecule has 2 aromatic carbocycles. The normalized spacial score (nSPS) is 18.8. The third-order valence-corrected chi connectivity index (χ3v) is 5.63. The molecule has 1 saturated heterocycles. The summed E-state index contributed by atoms with van der Waals surface area (Å²) in [5, 5.41) is 5.96. The Hall–Kier alpha value is -2.86. The summed E-state index contributed by atoms with van der Waals surface area (Å²) in [6.45, 7) is 4.22. The molecule has 0 aliphatic carbocycles. The van der Waals surface area contributed by atoms with Gasteiger partial charge in [0.1, 0.15) is 5.75 Å². The minimum Gasteiger partial charge on any atom is -0.497 e. The van der Waals surface area contributed by atoms with Crippen LogP contribution >= 0.6 is 0 Å². The molecular formula is C24H31N3O3. The third-order valence-electron chi connectivity index (χ3n) is 5.63. The van der Waals surface area contributed by atoms with E-state index in [-0.39, 0.29) is 23.7 Å². The van der Waals surface area contributed by atoms with Gasteiger partial charge < -0.3 is 20.3 Å². The number of carbonyl (C=O) groups is 2. The number of methoxy groups -OCH3 is 1. The topological polar surface area (TPSA) is 70.7 Å². The van der Waals surface area contributed by atoms with Gasteiger partial charge in [-0.25, -0.2) is 0 Å². The van der Waals surface area contributed by atoms with E-state index in [1.165, 1.54) is 12.5 Å². The Bertz CT molecular complexity index is 866. The molecule has 1 aliphatic heterocycles. The molecule has 2 aromatic rings. The van der Waals surface area contributed by atoms with Crippen molar-refractivity contribution < 1.29 is 14.3 Å². The molecule has 2 atom stereocenters. The van der Waals surface area contributed by atoms with Gasteiger partial charge in [0.15, 0.2) is 0 Å². The van der Waals surface area contributed by atoms with E-state index >= 15 is 0 Å². The molecule has 0 bridgehead atoms. The largest absolute Gasteiger partial charge is 0.497 e. The second-order valence-corrected chi connectivity index (χ2v) is 7.98. The summed E-state index contributed by atoms with van der Waals surface area (Å²) in [6.07, 6.45) is 0.787. The molecule has 6 nitrogen and oxygen atoms in total. The average Bonchev–Trinajstić information content (AvgIpc) is 3.15. The first-order valence-corrected chi connectivity index (χ1v) is 10.4. The van der Waals surface area contributed by atoms with Crippen molar-refractivity contribution in [3.05, 3.63) is 65.2 Å². The van der Waals surface area contributed by atoms with Crippen molar-refractivity contribution in [1.29, 1.82) is 0 Å². The second kappa shape index (κ2) is 10.3. The van der Waals surface area contributed by atoms with Crippen LogP contribution in [-0.2, 0) is 22.6 Å². The number of hydrogen-bond donors (Lipinski definition) is 2. The minimum absolute atomic E-state index is 0.0462. The Morgan fingerprint density at radius 1 is 1.07 bits per heavy atom. The molecule has 3 rings (SSSR count). The lowest BCUT2D eigenvalue weighted by Crippen LogP contribution is -2.35. The highest BCUT2D eigenvalue weighted by molar-refractivity contribution is 5.80. The van der Waals surface area contributed by atoms with E-state index in [0.717, 1.165) is 36.4 Å². The number of amides is 2. The number of likely N-dealkylation sites (N-methyl/N-ethyl adjacent to an activating group) is 1. The van der Waals surface area contributed by atoms with Crippen molar-refractivity contribution in [2.24, 2.45) is 5.92 Å². The van der Waals surface area contributed by atoms with Crippen molar-refractivity contribution in [2.75, 3.05) is 33.8 Å². The van der Waals surface area contributed by atoms with Gasteiger partial charge in [-0.05, 0) is 42.3 Å². The van der Waals surface area contributed by atoms with E-state index < -0.39 is 0 Å². The van der Waals surface area contributed by atoms with Crippen molar-refractivity contribution >= 4 is 11.8 Å². The predicted octanol–water partition coefficient (Wildman–Crippen LogP) is 2.34. The van der Waals surface area contributed by atoms with Crippen molar-refractivity contribution in [3.63, 3.8) is 0 Å². The van der Waals surface area contributed by atoms with Gasteiger partial charge in [0.2, 0.25) is 11.8 Å². The molecule has 2 amide bonds. The summed E-state index contributed by atoms with van der Waals surface area (Å²) in [5.74, 6) is 0.954. The number of nitrogens with zero attached hydrogens (tertiary/aromatic N) is 1. The molecule has 0 unspecified atom stereocenters. The molecule has 1 aliphatic rings. The summed E-state index contributed by atoms with van der Waals surface area (Å²) in [7, 11) is 3.71. The standard InChI is InChI=1S/C24H31N3O3/c1-17(28)26-14-19-5-4-6-20(13-19)22-15-27(2)16-23(22)24(29)25-12-11-18-7-9-21(30-3)10-8-18/h4-10,13,22-23H,11-12,14-16H2,1-3H3,(H,25,29)(H,26,28)/t22-,23+/m0/s1. The highest BCUT2D eigenvalue weighted by atomic mass is 16.5. The molecule has 30 heavy (non-hydrogen) atoms. The van der Waals surface area contributed by atoms with Gasteiger partial charge in [0.05, 0.1) is 13.0 Å². The molecule has 1 heterocycles. The monoisotopic (exact) mass is 409 g/mol. The van der Waals surface area contributed by atoms with E-state index in [4.69, 9.17) is 4.74 Å². The first kappa shape index (κ1) is 21.8. The Balaban J connectivity index is 1.60. The molecule has 0 radical (unpaired) electrons. The van der Waals surface area contributed by atoms with E-state index in [1.807, 2.05) is 36.4 Å². The van der Waals surface area contributed by atoms with Crippen LogP contribution in [0.1, 0.15) is 29.5 Å². The predicted molar refractivity (Wildman–Crippen MR) is 117 cm³/mol. The van der Waals surface area contributed by atoms with Gasteiger partial charge in [-0.1, -0.05) is 36.4 Å². The van der Waals surface area contributed by atoms with Gasteiger partial charge in [-0.2, -0.15) is 0 Å². The molecule has 0 spiro atoms. The molecule has 2 N–H and O–H groups in total. The Labute approximate surface area is 178 Å². The molecule has 0 aromatic heterocycles. The van der Waals surface area contributed by atoms with Gasteiger partial charge in [-0.15, -0.1) is 0 Å². The number of nitrogens with one attached hydrogen (secondary N) is 2. The van der Waals surface area contributed by atoms with Crippen LogP contribution in [0.2, 0.25) is 0 Å². The zero-order valence-corrected chi connectivity index (χ0v) is 18.0. The number of likely N-dealkylation sites (tertiary alicyclic amines) is 1. The summed E-state index contributed by atoms with van der Waals surface area (Å²) < 4.78 is 5.18. The van der Waals surface area contributed by atoms with Crippen LogP contribution in [0.15, 0.2) is 48.5 Å². The number of ether oxygens (including phenoxy) is 1. The number of hydrogen-bond acceptors (Lipinski definition) is 4. The van der Waals surface area contributed by atoms with Crippen LogP contribution in [0.4, 0.5) is 0 Å². The van der Waals surface area contributed by atoms with Gasteiger partial charge in [-0.3, -0.25) is 9.59 Å². The third kappa shape index (κ3) is 5.83. The smallest absolute Gasteiger partial charge is 0.225 e. The average molecular weight is 410 g/mol. The number of benzene rings is 2. The van der Waals surface area contributed by atoms with E-state index in [9.17, 15) is 9.59 Å². The van der Waals surface area contributed by atoms with Crippen LogP contribution in [0, 0.1) is 5.92 Å². The van der Waals surface area contributed by atoms with Crippen LogP contribution in [0.5, 0.6) is 5.75 Å². The lowest BCUT2D eigenvalue weighted by molar-refractivity contribution is -0.125. The zero-order chi connectivity index (χ0) is 21.5. The fourth-order valence-electron chi connectivity index (χ4n) is 4.02. The Morgan fingerprint density at radius 3 is 2.53 bits per heavy atom. The Kier molecular flexibility index (Phi) is 7.46. The lowest BCUT2D eigenvalue weighted by atomic mass is 9.87. The van der Waals surface area contributed by atoms with Crippen LogP contribution in [-0.4, -0.2) is 50.5 Å². The number of rotatable bonds is 8. The highest BCUT2D eigenvalue weighted by Crippen LogP contribution is 2.32. The van der Waals surface area contributed by atoms with Crippen LogP contribution < -0.4 is 15.4 Å². The van der Waals surface area contributed by atoms with Gasteiger partial charge in [0, 0.05) is 39.0 Å². The van der Waals surface area contributed by atoms with Gasteiger partial charge in [0.25, 0.3) is 0 Å². The molecule has 160 valence electrons. The molecular weight excluding hydrogens is 378 g/mol. The van der Waals surface area contributed by atoms with E-state index in [1.54, 1.807) is 7.11 Å². The highest BCUT2D eigenvalue weighted by Gasteiger charge is 2.36.